The van der Waals surface area contributed by atoms with Crippen molar-refractivity contribution in [3.8, 4) is 5.75 Å². The molecule has 1 atom stereocenters. The Morgan fingerprint density at radius 3 is 2.67 bits per heavy atom. The molecule has 122 valence electrons. The lowest BCUT2D eigenvalue weighted by molar-refractivity contribution is -0.118. The van der Waals surface area contributed by atoms with Gasteiger partial charge in [-0.3, -0.25) is 9.59 Å². The fourth-order valence-corrected chi connectivity index (χ4v) is 3.15. The summed E-state index contributed by atoms with van der Waals surface area (Å²) < 4.78 is 5.50. The molecule has 5 nitrogen and oxygen atoms in total. The first-order valence-corrected chi connectivity index (χ1v) is 8.14. The molecule has 1 aliphatic carbocycles. The smallest absolute Gasteiger partial charge is 0.262 e. The second-order valence-corrected chi connectivity index (χ2v) is 6.23. The predicted molar refractivity (Wildman–Crippen MR) is 91.1 cm³/mol. The average Bonchev–Trinajstić information content (AvgIpc) is 3.41. The molecule has 1 heterocycles. The molecular weight excluding hydrogens is 304 g/mol. The second kappa shape index (κ2) is 6.00. The highest BCUT2D eigenvalue weighted by Crippen LogP contribution is 2.44. The van der Waals surface area contributed by atoms with Gasteiger partial charge in [0.25, 0.3) is 5.91 Å². The van der Waals surface area contributed by atoms with Gasteiger partial charge in [0.2, 0.25) is 5.91 Å². The van der Waals surface area contributed by atoms with Gasteiger partial charge >= 0.3 is 0 Å². The first-order valence-electron chi connectivity index (χ1n) is 8.14. The molecule has 2 N–H and O–H groups in total. The summed E-state index contributed by atoms with van der Waals surface area (Å²) in [7, 11) is 0. The van der Waals surface area contributed by atoms with E-state index in [9.17, 15) is 9.59 Å². The maximum atomic E-state index is 12.9. The summed E-state index contributed by atoms with van der Waals surface area (Å²) in [6, 6.07) is 15.2. The lowest BCUT2D eigenvalue weighted by Gasteiger charge is -2.22. The van der Waals surface area contributed by atoms with Gasteiger partial charge in [0.15, 0.2) is 12.4 Å². The standard InChI is InChI=1S/C19H18N2O3/c22-16-11-24-18-14(20-16)7-4-8-15(18)21-19(23)17(13-9-10-13)12-5-2-1-3-6-12/h1-8,13,17H,9-11H2,(H,20,22)(H,21,23). The lowest BCUT2D eigenvalue weighted by atomic mass is 9.93. The van der Waals surface area contributed by atoms with E-state index in [0.717, 1.165) is 18.4 Å². The van der Waals surface area contributed by atoms with Crippen LogP contribution in [-0.4, -0.2) is 18.4 Å². The number of para-hydroxylation sites is 1. The monoisotopic (exact) mass is 322 g/mol. The minimum atomic E-state index is -0.189. The van der Waals surface area contributed by atoms with Crippen molar-refractivity contribution in [3.05, 3.63) is 54.1 Å². The number of carbonyl (C=O) groups excluding carboxylic acids is 2. The molecule has 4 rings (SSSR count). The van der Waals surface area contributed by atoms with Crippen molar-refractivity contribution >= 4 is 23.2 Å². The van der Waals surface area contributed by atoms with E-state index in [4.69, 9.17) is 4.74 Å². The Bertz CT molecular complexity index is 784. The molecular formula is C19H18N2O3. The second-order valence-electron chi connectivity index (χ2n) is 6.23. The molecule has 2 aromatic rings. The van der Waals surface area contributed by atoms with E-state index in [1.807, 2.05) is 30.3 Å². The molecule has 5 heteroatoms. The summed E-state index contributed by atoms with van der Waals surface area (Å²) in [5.74, 6) is 0.546. The maximum Gasteiger partial charge on any atom is 0.262 e. The highest BCUT2D eigenvalue weighted by atomic mass is 16.5. The normalized spacial score (nSPS) is 17.2. The Labute approximate surface area is 140 Å². The summed E-state index contributed by atoms with van der Waals surface area (Å²) in [6.07, 6.45) is 2.15. The number of nitrogens with one attached hydrogen (secondary N) is 2. The molecule has 0 saturated heterocycles. The highest BCUT2D eigenvalue weighted by molar-refractivity contribution is 6.01. The van der Waals surface area contributed by atoms with Gasteiger partial charge in [0.1, 0.15) is 0 Å². The quantitative estimate of drug-likeness (QED) is 0.908. The van der Waals surface area contributed by atoms with E-state index in [2.05, 4.69) is 10.6 Å². The zero-order valence-corrected chi connectivity index (χ0v) is 13.1. The molecule has 1 aliphatic heterocycles. The number of carbonyl (C=O) groups is 2. The van der Waals surface area contributed by atoms with Gasteiger partial charge in [-0.2, -0.15) is 0 Å². The third-order valence-electron chi connectivity index (χ3n) is 4.43. The van der Waals surface area contributed by atoms with Crippen molar-refractivity contribution in [2.45, 2.75) is 18.8 Å². The molecule has 0 bridgehead atoms. The SMILES string of the molecule is O=C1COc2c(cccc2NC(=O)C(c2ccccc2)C2CC2)N1. The van der Waals surface area contributed by atoms with Gasteiger partial charge in [0.05, 0.1) is 17.3 Å². The van der Waals surface area contributed by atoms with Crippen molar-refractivity contribution in [2.24, 2.45) is 5.92 Å². The molecule has 2 amide bonds. The summed E-state index contributed by atoms with van der Waals surface area (Å²) in [6.45, 7) is -0.0371. The zero-order chi connectivity index (χ0) is 16.5. The fourth-order valence-electron chi connectivity index (χ4n) is 3.15. The van der Waals surface area contributed by atoms with E-state index in [1.54, 1.807) is 18.2 Å². The van der Waals surface area contributed by atoms with Crippen LogP contribution in [0, 0.1) is 5.92 Å². The Morgan fingerprint density at radius 1 is 1.12 bits per heavy atom. The summed E-state index contributed by atoms with van der Waals surface area (Å²) in [5.41, 5.74) is 2.22. The van der Waals surface area contributed by atoms with Gasteiger partial charge in [-0.1, -0.05) is 36.4 Å². The first-order chi connectivity index (χ1) is 11.7. The largest absolute Gasteiger partial charge is 0.479 e. The van der Waals surface area contributed by atoms with Crippen LogP contribution >= 0.6 is 0 Å². The fraction of sp³-hybridized carbons (Fsp3) is 0.263. The number of rotatable bonds is 4. The molecule has 0 radical (unpaired) electrons. The summed E-state index contributed by atoms with van der Waals surface area (Å²) >= 11 is 0. The molecule has 1 unspecified atom stereocenters. The van der Waals surface area contributed by atoms with Crippen molar-refractivity contribution in [1.82, 2.24) is 0 Å². The summed E-state index contributed by atoms with van der Waals surface area (Å²) in [4.78, 5) is 24.3. The maximum absolute atomic E-state index is 12.9. The first kappa shape index (κ1) is 14.8. The van der Waals surface area contributed by atoms with Crippen LogP contribution in [0.15, 0.2) is 48.5 Å². The number of anilines is 2. The number of fused-ring (bicyclic) bond motifs is 1. The van der Waals surface area contributed by atoms with E-state index in [0.29, 0.717) is 23.0 Å². The molecule has 2 aliphatic rings. The predicted octanol–water partition coefficient (Wildman–Crippen LogP) is 3.15. The Morgan fingerprint density at radius 2 is 1.92 bits per heavy atom. The van der Waals surface area contributed by atoms with Gasteiger partial charge in [-0.25, -0.2) is 0 Å². The van der Waals surface area contributed by atoms with Crippen LogP contribution < -0.4 is 15.4 Å². The van der Waals surface area contributed by atoms with Crippen molar-refractivity contribution < 1.29 is 14.3 Å². The minimum absolute atomic E-state index is 0.0300. The zero-order valence-electron chi connectivity index (χ0n) is 13.1. The number of ether oxygens (including phenoxy) is 1. The molecule has 2 aromatic carbocycles. The van der Waals surface area contributed by atoms with Crippen LogP contribution in [0.5, 0.6) is 5.75 Å². The number of benzene rings is 2. The molecule has 1 fully saturated rings. The molecule has 0 aromatic heterocycles. The van der Waals surface area contributed by atoms with Gasteiger partial charge < -0.3 is 15.4 Å². The van der Waals surface area contributed by atoms with Crippen LogP contribution in [0.25, 0.3) is 0 Å². The van der Waals surface area contributed by atoms with Crippen molar-refractivity contribution in [3.63, 3.8) is 0 Å². The van der Waals surface area contributed by atoms with E-state index >= 15 is 0 Å². The van der Waals surface area contributed by atoms with Gasteiger partial charge in [0, 0.05) is 0 Å². The lowest BCUT2D eigenvalue weighted by Crippen LogP contribution is -2.27. The van der Waals surface area contributed by atoms with E-state index < -0.39 is 0 Å². The Hall–Kier alpha value is -2.82. The Kier molecular flexibility index (Phi) is 3.69. The molecule has 1 saturated carbocycles. The number of amides is 2. The van der Waals surface area contributed by atoms with Crippen LogP contribution in [-0.2, 0) is 9.59 Å². The summed E-state index contributed by atoms with van der Waals surface area (Å²) in [5, 5.41) is 5.74. The number of hydrogen-bond donors (Lipinski definition) is 2. The third-order valence-corrected chi connectivity index (χ3v) is 4.43. The van der Waals surface area contributed by atoms with Gasteiger partial charge in [-0.15, -0.1) is 0 Å². The van der Waals surface area contributed by atoms with E-state index in [1.165, 1.54) is 0 Å². The number of hydrogen-bond acceptors (Lipinski definition) is 3. The third kappa shape index (κ3) is 2.85. The van der Waals surface area contributed by atoms with Crippen molar-refractivity contribution in [1.29, 1.82) is 0 Å². The molecule has 0 spiro atoms. The van der Waals surface area contributed by atoms with Crippen molar-refractivity contribution in [2.75, 3.05) is 17.2 Å². The van der Waals surface area contributed by atoms with Crippen LogP contribution in [0.3, 0.4) is 0 Å². The minimum Gasteiger partial charge on any atom is -0.479 e. The topological polar surface area (TPSA) is 67.4 Å². The Balaban J connectivity index is 1.60. The van der Waals surface area contributed by atoms with Crippen LogP contribution in [0.4, 0.5) is 11.4 Å². The van der Waals surface area contributed by atoms with Crippen LogP contribution in [0.1, 0.15) is 24.3 Å². The average molecular weight is 322 g/mol. The van der Waals surface area contributed by atoms with E-state index in [-0.39, 0.29) is 24.3 Å². The van der Waals surface area contributed by atoms with Crippen LogP contribution in [0.2, 0.25) is 0 Å². The molecule has 24 heavy (non-hydrogen) atoms. The highest BCUT2D eigenvalue weighted by Gasteiger charge is 2.37. The van der Waals surface area contributed by atoms with Gasteiger partial charge in [-0.05, 0) is 36.5 Å².